The van der Waals surface area contributed by atoms with Crippen LogP contribution in [-0.4, -0.2) is 54.2 Å². The highest BCUT2D eigenvalue weighted by Gasteiger charge is 2.24. The van der Waals surface area contributed by atoms with E-state index >= 15 is 0 Å². The molecule has 0 radical (unpaired) electrons. The molecule has 2 aromatic heterocycles. The van der Waals surface area contributed by atoms with E-state index in [0.717, 1.165) is 11.1 Å². The number of hydrogen-bond donors (Lipinski definition) is 2. The third-order valence-electron chi connectivity index (χ3n) is 7.56. The van der Waals surface area contributed by atoms with Gasteiger partial charge < -0.3 is 14.4 Å². The number of aryl methyl sites for hydroxylation is 2. The number of carbonyl (C=O) groups excluding carboxylic acids is 2. The minimum Gasteiger partial charge on any atom is -0.495 e. The van der Waals surface area contributed by atoms with Crippen LogP contribution in [0.4, 0.5) is 23.0 Å². The van der Waals surface area contributed by atoms with Gasteiger partial charge >= 0.3 is 0 Å². The first-order chi connectivity index (χ1) is 22.2. The number of benzene rings is 2. The number of anilines is 4. The summed E-state index contributed by atoms with van der Waals surface area (Å²) in [6.07, 6.45) is 6.18. The predicted octanol–water partition coefficient (Wildman–Crippen LogP) is 6.02. The summed E-state index contributed by atoms with van der Waals surface area (Å²) < 4.78 is 10.9. The molecule has 11 heteroatoms. The van der Waals surface area contributed by atoms with E-state index < -0.39 is 0 Å². The second kappa shape index (κ2) is 12.5. The zero-order valence-electron chi connectivity index (χ0n) is 26.0. The van der Waals surface area contributed by atoms with Gasteiger partial charge in [-0.1, -0.05) is 12.1 Å². The molecule has 6 rings (SSSR count). The van der Waals surface area contributed by atoms with Gasteiger partial charge in [-0.2, -0.15) is 10.2 Å². The third-order valence-corrected chi connectivity index (χ3v) is 7.56. The Bertz CT molecular complexity index is 1870. The van der Waals surface area contributed by atoms with Crippen molar-refractivity contribution in [1.82, 2.24) is 9.97 Å². The lowest BCUT2D eigenvalue weighted by Crippen LogP contribution is -2.21. The molecular weight excluding hydrogens is 582 g/mol. The second-order valence-corrected chi connectivity index (χ2v) is 10.7. The van der Waals surface area contributed by atoms with Crippen LogP contribution < -0.4 is 25.2 Å². The van der Waals surface area contributed by atoms with Crippen molar-refractivity contribution >= 4 is 46.0 Å². The van der Waals surface area contributed by atoms with Crippen LogP contribution in [-0.2, 0) is 0 Å². The Hall–Kier alpha value is -6.10. The van der Waals surface area contributed by atoms with Crippen LogP contribution in [0.15, 0.2) is 95.2 Å². The van der Waals surface area contributed by atoms with E-state index in [1.165, 1.54) is 12.2 Å². The van der Waals surface area contributed by atoms with Crippen LogP contribution in [0.5, 0.6) is 11.5 Å². The third kappa shape index (κ3) is 5.85. The fourth-order valence-electron chi connectivity index (χ4n) is 5.08. The van der Waals surface area contributed by atoms with Gasteiger partial charge in [0.25, 0.3) is 0 Å². The van der Waals surface area contributed by atoms with Gasteiger partial charge in [0, 0.05) is 18.2 Å². The van der Waals surface area contributed by atoms with E-state index in [1.807, 2.05) is 50.2 Å². The molecule has 0 unspecified atom stereocenters. The molecule has 0 fully saturated rings. The molecule has 2 heterocycles. The van der Waals surface area contributed by atoms with E-state index in [0.29, 0.717) is 57.1 Å². The fraction of sp³-hybridized carbons (Fsp3) is 0.143. The molecule has 0 saturated carbocycles. The molecule has 11 nitrogen and oxygen atoms in total. The molecule has 4 aromatic rings. The number of nitrogens with one attached hydrogen (secondary N) is 2. The molecule has 2 aromatic carbocycles. The molecule has 230 valence electrons. The standard InChI is InChI=1S/C35H31N7O4/c1-20-6-14-30(45-4)26(18-20)40-38-24-10-12-28(43)34-22(24)8-16-32(36-34)42(3)33-17-9-23-25(11-13-29(44)35(23)37-33)39-41-27-19-21(2)7-15-31(27)46-5/h6-19,40-41H,1-5H3. The van der Waals surface area contributed by atoms with Crippen molar-refractivity contribution in [2.75, 3.05) is 37.0 Å². The number of pyridine rings is 2. The lowest BCUT2D eigenvalue weighted by molar-refractivity contribution is 0.103. The van der Waals surface area contributed by atoms with Crippen LogP contribution in [0.2, 0.25) is 0 Å². The van der Waals surface area contributed by atoms with Crippen molar-refractivity contribution in [3.05, 3.63) is 119 Å². The van der Waals surface area contributed by atoms with E-state index in [2.05, 4.69) is 31.0 Å². The maximum Gasteiger partial charge on any atom is 0.205 e. The Labute approximate surface area is 266 Å². The van der Waals surface area contributed by atoms with Crippen LogP contribution in [0.3, 0.4) is 0 Å². The Morgan fingerprint density at radius 1 is 0.630 bits per heavy atom. The second-order valence-electron chi connectivity index (χ2n) is 10.7. The van der Waals surface area contributed by atoms with Gasteiger partial charge in [-0.25, -0.2) is 9.97 Å². The van der Waals surface area contributed by atoms with Crippen molar-refractivity contribution < 1.29 is 19.1 Å². The minimum atomic E-state index is -0.241. The predicted molar refractivity (Wildman–Crippen MR) is 179 cm³/mol. The Balaban J connectivity index is 1.27. The highest BCUT2D eigenvalue weighted by atomic mass is 16.5. The fourth-order valence-corrected chi connectivity index (χ4v) is 5.08. The number of rotatable bonds is 8. The van der Waals surface area contributed by atoms with Gasteiger partial charge in [-0.15, -0.1) is 0 Å². The minimum absolute atomic E-state index is 0.241. The average molecular weight is 614 g/mol. The molecular formula is C35H31N7O4. The largest absolute Gasteiger partial charge is 0.495 e. The first kappa shape index (κ1) is 29.9. The van der Waals surface area contributed by atoms with Crippen molar-refractivity contribution in [3.63, 3.8) is 0 Å². The van der Waals surface area contributed by atoms with Crippen molar-refractivity contribution in [2.24, 2.45) is 10.2 Å². The van der Waals surface area contributed by atoms with E-state index in [-0.39, 0.29) is 23.0 Å². The van der Waals surface area contributed by atoms with Gasteiger partial charge in [0.2, 0.25) is 11.6 Å². The van der Waals surface area contributed by atoms with E-state index in [4.69, 9.17) is 9.47 Å². The summed E-state index contributed by atoms with van der Waals surface area (Å²) in [6.45, 7) is 3.96. The summed E-state index contributed by atoms with van der Waals surface area (Å²) in [5.41, 5.74) is 12.4. The number of allylic oxidation sites excluding steroid dienone is 4. The summed E-state index contributed by atoms with van der Waals surface area (Å²) in [6, 6.07) is 18.6. The first-order valence-electron chi connectivity index (χ1n) is 14.4. The maximum absolute atomic E-state index is 12.9. The molecule has 0 bridgehead atoms. The lowest BCUT2D eigenvalue weighted by atomic mass is 9.99. The van der Waals surface area contributed by atoms with E-state index in [9.17, 15) is 9.59 Å². The monoisotopic (exact) mass is 613 g/mol. The first-order valence-corrected chi connectivity index (χ1v) is 14.4. The van der Waals surface area contributed by atoms with Gasteiger partial charge in [0.05, 0.1) is 37.0 Å². The zero-order valence-corrected chi connectivity index (χ0v) is 26.0. The van der Waals surface area contributed by atoms with Gasteiger partial charge in [0.1, 0.15) is 34.5 Å². The molecule has 2 aliphatic carbocycles. The van der Waals surface area contributed by atoms with Crippen molar-refractivity contribution in [3.8, 4) is 11.5 Å². The number of ether oxygens (including phenoxy) is 2. The summed E-state index contributed by atoms with van der Waals surface area (Å²) in [4.78, 5) is 36.8. The van der Waals surface area contributed by atoms with Gasteiger partial charge in [-0.3, -0.25) is 20.4 Å². The number of hydrogen-bond acceptors (Lipinski definition) is 11. The molecule has 2 N–H and O–H groups in total. The molecule has 46 heavy (non-hydrogen) atoms. The molecule has 0 spiro atoms. The number of fused-ring (bicyclic) bond motifs is 2. The SMILES string of the molecule is COc1ccc(C)cc1NN=C1C=CC(=O)c2nc(N(C)c3ccc4c(n3)C(=O)C=CC4=NNc3cc(C)ccc3OC)ccc21. The van der Waals surface area contributed by atoms with Gasteiger partial charge in [0.15, 0.2) is 0 Å². The lowest BCUT2D eigenvalue weighted by Gasteiger charge is -2.21. The molecule has 0 aliphatic heterocycles. The quantitative estimate of drug-likeness (QED) is 0.229. The number of hydrazone groups is 2. The molecule has 0 atom stereocenters. The summed E-state index contributed by atoms with van der Waals surface area (Å²) in [5, 5.41) is 9.08. The number of aromatic nitrogens is 2. The summed E-state index contributed by atoms with van der Waals surface area (Å²) in [7, 11) is 4.96. The average Bonchev–Trinajstić information content (AvgIpc) is 3.07. The number of methoxy groups -OCH3 is 2. The molecule has 0 saturated heterocycles. The Morgan fingerprint density at radius 3 is 1.48 bits per heavy atom. The number of ketones is 2. The highest BCUT2D eigenvalue weighted by Crippen LogP contribution is 2.29. The summed E-state index contributed by atoms with van der Waals surface area (Å²) >= 11 is 0. The van der Waals surface area contributed by atoms with Gasteiger partial charge in [-0.05, 0) is 97.8 Å². The smallest absolute Gasteiger partial charge is 0.205 e. The van der Waals surface area contributed by atoms with Crippen molar-refractivity contribution in [1.29, 1.82) is 0 Å². The van der Waals surface area contributed by atoms with Crippen LogP contribution >= 0.6 is 0 Å². The molecule has 0 amide bonds. The number of carbonyl (C=O) groups is 2. The Morgan fingerprint density at radius 2 is 1.07 bits per heavy atom. The van der Waals surface area contributed by atoms with Crippen LogP contribution in [0.1, 0.15) is 43.2 Å². The normalized spacial score (nSPS) is 15.1. The summed E-state index contributed by atoms with van der Waals surface area (Å²) in [5.74, 6) is 1.76. The maximum atomic E-state index is 12.9. The number of nitrogens with zero attached hydrogens (tertiary/aromatic N) is 5. The topological polar surface area (TPSA) is 130 Å². The molecule has 2 aliphatic rings. The van der Waals surface area contributed by atoms with Crippen molar-refractivity contribution in [2.45, 2.75) is 13.8 Å². The van der Waals surface area contributed by atoms with Crippen LogP contribution in [0.25, 0.3) is 0 Å². The van der Waals surface area contributed by atoms with Crippen LogP contribution in [0, 0.1) is 13.8 Å². The zero-order chi connectivity index (χ0) is 32.4. The Kier molecular flexibility index (Phi) is 8.13. The van der Waals surface area contributed by atoms with E-state index in [1.54, 1.807) is 62.6 Å². The highest BCUT2D eigenvalue weighted by molar-refractivity contribution is 6.24.